The van der Waals surface area contributed by atoms with Crippen molar-refractivity contribution in [3.8, 4) is 17.5 Å². The maximum Gasteiger partial charge on any atom is 0.166 e. The Morgan fingerprint density at radius 2 is 1.76 bits per heavy atom. The summed E-state index contributed by atoms with van der Waals surface area (Å²) in [5.41, 5.74) is 2.31. The number of nitrogens with zero attached hydrogens (tertiary/aromatic N) is 3. The molecule has 0 amide bonds. The van der Waals surface area contributed by atoms with Crippen LogP contribution in [-0.4, -0.2) is 9.38 Å². The third-order valence-corrected chi connectivity index (χ3v) is 2.69. The molecule has 0 aliphatic rings. The maximum atomic E-state index is 9.07. The average Bonchev–Trinajstić information content (AvgIpc) is 2.78. The Morgan fingerprint density at radius 3 is 2.53 bits per heavy atom. The Labute approximate surface area is 98.6 Å². The first-order chi connectivity index (χ1) is 8.40. The van der Waals surface area contributed by atoms with Crippen molar-refractivity contribution in [2.75, 3.05) is 0 Å². The molecule has 2 heterocycles. The predicted octanol–water partition coefficient (Wildman–Crippen LogP) is 2.87. The number of benzene rings is 1. The van der Waals surface area contributed by atoms with Crippen LogP contribution in [0.5, 0.6) is 0 Å². The predicted molar refractivity (Wildman–Crippen MR) is 65.3 cm³/mol. The summed E-state index contributed by atoms with van der Waals surface area (Å²) >= 11 is 0. The second-order valence-corrected chi connectivity index (χ2v) is 3.72. The van der Waals surface area contributed by atoms with Crippen LogP contribution >= 0.6 is 0 Å². The number of hydrogen-bond acceptors (Lipinski definition) is 2. The topological polar surface area (TPSA) is 41.1 Å². The van der Waals surface area contributed by atoms with Gasteiger partial charge in [0, 0.05) is 11.8 Å². The van der Waals surface area contributed by atoms with E-state index in [4.69, 9.17) is 5.26 Å². The number of pyridine rings is 1. The molecule has 0 saturated heterocycles. The molecule has 0 atom stereocenters. The van der Waals surface area contributed by atoms with Crippen molar-refractivity contribution in [2.45, 2.75) is 0 Å². The van der Waals surface area contributed by atoms with E-state index in [1.54, 1.807) is 0 Å². The van der Waals surface area contributed by atoms with Gasteiger partial charge in [-0.2, -0.15) is 5.26 Å². The molecule has 0 spiro atoms. The van der Waals surface area contributed by atoms with E-state index in [9.17, 15) is 0 Å². The molecule has 0 aliphatic heterocycles. The number of aromatic nitrogens is 2. The molecule has 3 nitrogen and oxygen atoms in total. The summed E-state index contributed by atoms with van der Waals surface area (Å²) in [6.07, 6.45) is 1.92. The van der Waals surface area contributed by atoms with Crippen molar-refractivity contribution in [1.82, 2.24) is 9.38 Å². The Balaban J connectivity index is 2.35. The first kappa shape index (κ1) is 9.61. The minimum absolute atomic E-state index is 0.462. The fourth-order valence-electron chi connectivity index (χ4n) is 1.91. The van der Waals surface area contributed by atoms with Gasteiger partial charge in [0.2, 0.25) is 0 Å². The first-order valence-electron chi connectivity index (χ1n) is 5.33. The summed E-state index contributed by atoms with van der Waals surface area (Å²) in [6.45, 7) is 0. The Bertz CT molecular complexity index is 705. The highest BCUT2D eigenvalue weighted by atomic mass is 15.0. The highest BCUT2D eigenvalue weighted by Crippen LogP contribution is 2.21. The highest BCUT2D eigenvalue weighted by Gasteiger charge is 2.10. The van der Waals surface area contributed by atoms with Gasteiger partial charge in [0.25, 0.3) is 0 Å². The zero-order chi connectivity index (χ0) is 11.7. The summed E-state index contributed by atoms with van der Waals surface area (Å²) in [5, 5.41) is 9.07. The standard InChI is InChI=1S/C14H9N3/c15-10-12-13-8-4-5-9-17(13)14(16-12)11-6-2-1-3-7-11/h1-9H. The second-order valence-electron chi connectivity index (χ2n) is 3.72. The third-order valence-electron chi connectivity index (χ3n) is 2.69. The van der Waals surface area contributed by atoms with Crippen LogP contribution in [-0.2, 0) is 0 Å². The molecule has 0 unspecified atom stereocenters. The van der Waals surface area contributed by atoms with Crippen LogP contribution in [0.25, 0.3) is 16.9 Å². The summed E-state index contributed by atoms with van der Waals surface area (Å²) in [7, 11) is 0. The molecule has 80 valence electrons. The molecule has 0 radical (unpaired) electrons. The molecule has 2 aromatic heterocycles. The monoisotopic (exact) mass is 219 g/mol. The lowest BCUT2D eigenvalue weighted by molar-refractivity contribution is 1.16. The third kappa shape index (κ3) is 1.47. The van der Waals surface area contributed by atoms with E-state index in [1.165, 1.54) is 0 Å². The Morgan fingerprint density at radius 1 is 1.00 bits per heavy atom. The molecule has 3 rings (SSSR count). The van der Waals surface area contributed by atoms with Crippen LogP contribution in [0.15, 0.2) is 54.7 Å². The van der Waals surface area contributed by atoms with E-state index in [1.807, 2.05) is 59.1 Å². The molecule has 17 heavy (non-hydrogen) atoms. The Kier molecular flexibility index (Phi) is 2.13. The molecule has 0 bridgehead atoms. The van der Waals surface area contributed by atoms with Gasteiger partial charge in [-0.15, -0.1) is 0 Å². The highest BCUT2D eigenvalue weighted by molar-refractivity contribution is 5.68. The lowest BCUT2D eigenvalue weighted by Gasteiger charge is -1.99. The van der Waals surface area contributed by atoms with Crippen LogP contribution in [0.4, 0.5) is 0 Å². The van der Waals surface area contributed by atoms with Gasteiger partial charge >= 0.3 is 0 Å². The van der Waals surface area contributed by atoms with Crippen molar-refractivity contribution >= 4 is 5.52 Å². The van der Waals surface area contributed by atoms with E-state index >= 15 is 0 Å². The van der Waals surface area contributed by atoms with Crippen molar-refractivity contribution in [1.29, 1.82) is 5.26 Å². The average molecular weight is 219 g/mol. The van der Waals surface area contributed by atoms with E-state index in [0.29, 0.717) is 5.69 Å². The molecule has 1 aromatic carbocycles. The summed E-state index contributed by atoms with van der Waals surface area (Å²) < 4.78 is 1.94. The van der Waals surface area contributed by atoms with Gasteiger partial charge in [0.15, 0.2) is 5.69 Å². The molecule has 0 aliphatic carbocycles. The van der Waals surface area contributed by atoms with Crippen molar-refractivity contribution in [2.24, 2.45) is 0 Å². The van der Waals surface area contributed by atoms with Crippen LogP contribution in [0.3, 0.4) is 0 Å². The van der Waals surface area contributed by atoms with Gasteiger partial charge < -0.3 is 0 Å². The zero-order valence-corrected chi connectivity index (χ0v) is 9.04. The largest absolute Gasteiger partial charge is 0.298 e. The van der Waals surface area contributed by atoms with Gasteiger partial charge in [-0.25, -0.2) is 4.98 Å². The van der Waals surface area contributed by atoms with Gasteiger partial charge in [-0.3, -0.25) is 4.40 Å². The molecular weight excluding hydrogens is 210 g/mol. The lowest BCUT2D eigenvalue weighted by Crippen LogP contribution is -1.87. The van der Waals surface area contributed by atoms with Crippen LogP contribution in [0.1, 0.15) is 5.69 Å². The number of rotatable bonds is 1. The minimum Gasteiger partial charge on any atom is -0.298 e. The fourth-order valence-corrected chi connectivity index (χ4v) is 1.91. The van der Waals surface area contributed by atoms with Crippen molar-refractivity contribution < 1.29 is 0 Å². The smallest absolute Gasteiger partial charge is 0.166 e. The summed E-state index contributed by atoms with van der Waals surface area (Å²) in [6, 6.07) is 17.7. The molecule has 3 heteroatoms. The molecule has 3 aromatic rings. The number of nitriles is 1. The Hall–Kier alpha value is -2.60. The summed E-state index contributed by atoms with van der Waals surface area (Å²) in [4.78, 5) is 4.38. The minimum atomic E-state index is 0.462. The number of hydrogen-bond donors (Lipinski definition) is 0. The number of imidazole rings is 1. The van der Waals surface area contributed by atoms with Crippen molar-refractivity contribution in [3.05, 3.63) is 60.4 Å². The quantitative estimate of drug-likeness (QED) is 0.631. The zero-order valence-electron chi connectivity index (χ0n) is 9.04. The molecule has 0 N–H and O–H groups in total. The van der Waals surface area contributed by atoms with Gasteiger partial charge in [-0.1, -0.05) is 36.4 Å². The first-order valence-corrected chi connectivity index (χ1v) is 5.33. The fraction of sp³-hybridized carbons (Fsp3) is 0. The van der Waals surface area contributed by atoms with Crippen LogP contribution in [0, 0.1) is 11.3 Å². The van der Waals surface area contributed by atoms with E-state index in [0.717, 1.165) is 16.9 Å². The SMILES string of the molecule is N#Cc1nc(-c2ccccc2)n2ccccc12. The van der Waals surface area contributed by atoms with E-state index < -0.39 is 0 Å². The van der Waals surface area contributed by atoms with Crippen molar-refractivity contribution in [3.63, 3.8) is 0 Å². The number of fused-ring (bicyclic) bond motifs is 1. The van der Waals surface area contributed by atoms with Crippen LogP contribution in [0.2, 0.25) is 0 Å². The van der Waals surface area contributed by atoms with Gasteiger partial charge in [0.05, 0.1) is 5.52 Å². The molecule has 0 saturated carbocycles. The van der Waals surface area contributed by atoms with Gasteiger partial charge in [-0.05, 0) is 12.1 Å². The maximum absolute atomic E-state index is 9.07. The second kappa shape index (κ2) is 3.76. The van der Waals surface area contributed by atoms with Gasteiger partial charge in [0.1, 0.15) is 11.9 Å². The van der Waals surface area contributed by atoms with E-state index in [-0.39, 0.29) is 0 Å². The van der Waals surface area contributed by atoms with Crippen LogP contribution < -0.4 is 0 Å². The summed E-state index contributed by atoms with van der Waals surface area (Å²) in [5.74, 6) is 0.803. The normalized spacial score (nSPS) is 10.3. The van der Waals surface area contributed by atoms with E-state index in [2.05, 4.69) is 11.1 Å². The lowest BCUT2D eigenvalue weighted by atomic mass is 10.2. The molecular formula is C14H9N3. The molecule has 0 fully saturated rings.